The van der Waals surface area contributed by atoms with Crippen LogP contribution in [0.2, 0.25) is 0 Å². The predicted molar refractivity (Wildman–Crippen MR) is 155 cm³/mol. The molecule has 0 saturated heterocycles. The molecule has 0 aliphatic heterocycles. The molecule has 0 radical (unpaired) electrons. The number of carbonyl (C=O) groups is 5. The molecule has 10 heteroatoms. The van der Waals surface area contributed by atoms with Crippen LogP contribution in [0.5, 0.6) is 0 Å². The monoisotopic (exact) mass is 583 g/mol. The summed E-state index contributed by atoms with van der Waals surface area (Å²) < 4.78 is 10.6. The van der Waals surface area contributed by atoms with Crippen LogP contribution in [0.25, 0.3) is 0 Å². The molecule has 10 nitrogen and oxygen atoms in total. The molecule has 0 aliphatic carbocycles. The van der Waals surface area contributed by atoms with Crippen LogP contribution in [0.1, 0.15) is 81.3 Å². The lowest BCUT2D eigenvalue weighted by Crippen LogP contribution is -2.45. The minimum absolute atomic E-state index is 0.0272. The van der Waals surface area contributed by atoms with E-state index < -0.39 is 34.7 Å². The summed E-state index contributed by atoms with van der Waals surface area (Å²) in [6.07, 6.45) is -1.03. The van der Waals surface area contributed by atoms with E-state index in [1.54, 1.807) is 73.3 Å². The summed E-state index contributed by atoms with van der Waals surface area (Å²) in [6, 6.07) is 14.8. The van der Waals surface area contributed by atoms with Gasteiger partial charge < -0.3 is 24.6 Å². The van der Waals surface area contributed by atoms with Gasteiger partial charge in [-0.2, -0.15) is 0 Å². The lowest BCUT2D eigenvalue weighted by atomic mass is 9.66. The van der Waals surface area contributed by atoms with Crippen LogP contribution in [0, 0.1) is 5.41 Å². The Morgan fingerprint density at radius 1 is 0.714 bits per heavy atom. The van der Waals surface area contributed by atoms with E-state index in [9.17, 15) is 34.2 Å². The molecule has 1 unspecified atom stereocenters. The highest BCUT2D eigenvalue weighted by atomic mass is 16.6. The van der Waals surface area contributed by atoms with Crippen LogP contribution in [0.4, 0.5) is 0 Å². The average molecular weight is 584 g/mol. The molecule has 0 aliphatic rings. The van der Waals surface area contributed by atoms with Crippen LogP contribution in [-0.4, -0.2) is 71.2 Å². The third-order valence-corrected chi connectivity index (χ3v) is 7.56. The zero-order valence-corrected chi connectivity index (χ0v) is 24.8. The zero-order valence-electron chi connectivity index (χ0n) is 24.8. The lowest BCUT2D eigenvalue weighted by molar-refractivity contribution is -0.174. The fourth-order valence-electron chi connectivity index (χ4n) is 5.22. The summed E-state index contributed by atoms with van der Waals surface area (Å²) in [5.74, 6) is -4.28. The summed E-state index contributed by atoms with van der Waals surface area (Å²) in [5, 5.41) is 20.0. The Kier molecular flexibility index (Phi) is 12.7. The normalized spacial score (nSPS) is 12.6. The Bertz CT molecular complexity index is 1200. The van der Waals surface area contributed by atoms with Crippen molar-refractivity contribution in [1.82, 2.24) is 4.90 Å². The number of benzene rings is 2. The van der Waals surface area contributed by atoms with E-state index >= 15 is 0 Å². The van der Waals surface area contributed by atoms with Crippen molar-refractivity contribution < 1.29 is 43.7 Å². The average Bonchev–Trinajstić information content (AvgIpc) is 2.97. The van der Waals surface area contributed by atoms with Gasteiger partial charge in [0.2, 0.25) is 0 Å². The summed E-state index contributed by atoms with van der Waals surface area (Å²) in [7, 11) is 0. The van der Waals surface area contributed by atoms with E-state index in [1.165, 1.54) is 0 Å². The number of esters is 2. The molecular formula is C32H41NO9. The van der Waals surface area contributed by atoms with Gasteiger partial charge in [-0.15, -0.1) is 0 Å². The predicted octanol–water partition coefficient (Wildman–Crippen LogP) is 4.69. The Hall–Kier alpha value is -4.21. The van der Waals surface area contributed by atoms with Gasteiger partial charge in [0.1, 0.15) is 5.41 Å². The van der Waals surface area contributed by atoms with Crippen LogP contribution in [0.15, 0.2) is 54.6 Å². The highest BCUT2D eigenvalue weighted by molar-refractivity contribution is 6.00. The molecule has 1 atom stereocenters. The quantitative estimate of drug-likeness (QED) is 0.200. The van der Waals surface area contributed by atoms with Crippen molar-refractivity contribution in [1.29, 1.82) is 0 Å². The SMILES string of the molecule is CCOC(=O)C(CCCC(=O)O)(CCC(C(=O)O)(c1ccccc1)c1ccc(C(=O)N(CC)CC)cc1)C(=O)OCC. The Morgan fingerprint density at radius 2 is 1.24 bits per heavy atom. The van der Waals surface area contributed by atoms with E-state index in [4.69, 9.17) is 9.47 Å². The molecule has 228 valence electrons. The van der Waals surface area contributed by atoms with E-state index in [2.05, 4.69) is 0 Å². The van der Waals surface area contributed by atoms with Gasteiger partial charge >= 0.3 is 23.9 Å². The molecule has 2 N–H and O–H groups in total. The number of hydrogen-bond acceptors (Lipinski definition) is 7. The standard InChI is InChI=1S/C32H41NO9/c1-5-33(6-2)27(36)23-16-18-25(19-17-23)32(28(37)38,24-13-10-9-11-14-24)22-21-31(29(39)41-7-3,30(40)42-8-4)20-12-15-26(34)35/h9-11,13-14,16-19H,5-8,12,15,20-22H2,1-4H3,(H,34,35)(H,37,38). The van der Waals surface area contributed by atoms with Crippen molar-refractivity contribution in [3.63, 3.8) is 0 Å². The molecule has 2 rings (SSSR count). The highest BCUT2D eigenvalue weighted by Crippen LogP contribution is 2.43. The van der Waals surface area contributed by atoms with Gasteiger partial charge in [0.15, 0.2) is 5.41 Å². The first-order valence-corrected chi connectivity index (χ1v) is 14.3. The van der Waals surface area contributed by atoms with Gasteiger partial charge in [-0.3, -0.25) is 24.0 Å². The first-order valence-electron chi connectivity index (χ1n) is 14.3. The first-order chi connectivity index (χ1) is 20.0. The second-order valence-electron chi connectivity index (χ2n) is 9.90. The van der Waals surface area contributed by atoms with Gasteiger partial charge in [0.25, 0.3) is 5.91 Å². The largest absolute Gasteiger partial charge is 0.481 e. The molecule has 0 bridgehead atoms. The third kappa shape index (κ3) is 7.54. The fraction of sp³-hybridized carbons (Fsp3) is 0.469. The Morgan fingerprint density at radius 3 is 1.69 bits per heavy atom. The topological polar surface area (TPSA) is 148 Å². The first kappa shape index (κ1) is 34.0. The molecule has 2 aromatic rings. The highest BCUT2D eigenvalue weighted by Gasteiger charge is 2.52. The Labute approximate surface area is 246 Å². The molecule has 0 saturated carbocycles. The number of hydrogen-bond donors (Lipinski definition) is 2. The summed E-state index contributed by atoms with van der Waals surface area (Å²) >= 11 is 0. The number of rotatable bonds is 17. The van der Waals surface area contributed by atoms with Gasteiger partial charge in [0.05, 0.1) is 13.2 Å². The van der Waals surface area contributed by atoms with Gasteiger partial charge in [-0.1, -0.05) is 42.5 Å². The van der Waals surface area contributed by atoms with Gasteiger partial charge in [0, 0.05) is 25.1 Å². The van der Waals surface area contributed by atoms with Gasteiger partial charge in [-0.05, 0) is 76.6 Å². The summed E-state index contributed by atoms with van der Waals surface area (Å²) in [6.45, 7) is 7.87. The number of ether oxygens (including phenoxy) is 2. The molecule has 0 spiro atoms. The van der Waals surface area contributed by atoms with E-state index in [1.807, 2.05) is 13.8 Å². The van der Waals surface area contributed by atoms with Crippen molar-refractivity contribution in [2.45, 2.75) is 65.2 Å². The number of carboxylic acids is 2. The smallest absolute Gasteiger partial charge is 0.323 e. The van der Waals surface area contributed by atoms with E-state index in [-0.39, 0.29) is 51.2 Å². The molecule has 1 amide bonds. The second kappa shape index (κ2) is 15.7. The number of carbonyl (C=O) groups excluding carboxylic acids is 3. The van der Waals surface area contributed by atoms with Crippen molar-refractivity contribution in [2.24, 2.45) is 5.41 Å². The minimum atomic E-state index is -1.92. The van der Waals surface area contributed by atoms with Crippen molar-refractivity contribution in [3.8, 4) is 0 Å². The van der Waals surface area contributed by atoms with Crippen LogP contribution in [-0.2, 0) is 34.1 Å². The van der Waals surface area contributed by atoms with Crippen LogP contribution >= 0.6 is 0 Å². The minimum Gasteiger partial charge on any atom is -0.481 e. The molecule has 42 heavy (non-hydrogen) atoms. The molecule has 0 aromatic heterocycles. The van der Waals surface area contributed by atoms with Crippen molar-refractivity contribution in [2.75, 3.05) is 26.3 Å². The lowest BCUT2D eigenvalue weighted by Gasteiger charge is -2.35. The van der Waals surface area contributed by atoms with Gasteiger partial charge in [-0.25, -0.2) is 0 Å². The van der Waals surface area contributed by atoms with Crippen LogP contribution < -0.4 is 0 Å². The number of carboxylic acid groups (broad SMARTS) is 2. The maximum atomic E-state index is 13.4. The maximum absolute atomic E-state index is 13.4. The maximum Gasteiger partial charge on any atom is 0.323 e. The second-order valence-corrected chi connectivity index (χ2v) is 9.90. The molecule has 0 heterocycles. The number of aliphatic carboxylic acids is 2. The zero-order chi connectivity index (χ0) is 31.3. The van der Waals surface area contributed by atoms with Crippen LogP contribution in [0.3, 0.4) is 0 Å². The Balaban J connectivity index is 2.70. The molecule has 0 fully saturated rings. The molecule has 2 aromatic carbocycles. The fourth-order valence-corrected chi connectivity index (χ4v) is 5.22. The number of amides is 1. The molecular weight excluding hydrogens is 542 g/mol. The summed E-state index contributed by atoms with van der Waals surface area (Å²) in [4.78, 5) is 65.9. The summed E-state index contributed by atoms with van der Waals surface area (Å²) in [5.41, 5.74) is -2.49. The van der Waals surface area contributed by atoms with Crippen molar-refractivity contribution >= 4 is 29.8 Å². The number of nitrogens with zero attached hydrogens (tertiary/aromatic N) is 1. The van der Waals surface area contributed by atoms with Crippen molar-refractivity contribution in [3.05, 3.63) is 71.3 Å². The van der Waals surface area contributed by atoms with E-state index in [0.717, 1.165) is 0 Å². The third-order valence-electron chi connectivity index (χ3n) is 7.56. The van der Waals surface area contributed by atoms with E-state index in [0.29, 0.717) is 29.8 Å².